The standard InChI is InChI=1S/C17H24/c1-7-10-12-16-14(9-3)13(4)15(11-8-2)17(16,5)6/h7-12H,1-6H3/b10-7-,11-8-,14-9-,16-12+. The largest absolute Gasteiger partial charge is 0.0877 e. The van der Waals surface area contributed by atoms with Crippen LogP contribution in [0.5, 0.6) is 0 Å². The van der Waals surface area contributed by atoms with E-state index in [1.165, 1.54) is 22.3 Å². The van der Waals surface area contributed by atoms with Crippen molar-refractivity contribution in [3.63, 3.8) is 0 Å². The second kappa shape index (κ2) is 5.35. The lowest BCUT2D eigenvalue weighted by Gasteiger charge is -2.23. The summed E-state index contributed by atoms with van der Waals surface area (Å²) in [6, 6.07) is 0. The third-order valence-corrected chi connectivity index (χ3v) is 3.52. The van der Waals surface area contributed by atoms with Crippen molar-refractivity contribution in [2.24, 2.45) is 5.41 Å². The van der Waals surface area contributed by atoms with Crippen LogP contribution in [0.25, 0.3) is 0 Å². The molecule has 0 aromatic rings. The second-order valence-corrected chi connectivity index (χ2v) is 4.97. The molecule has 0 fully saturated rings. The molecule has 17 heavy (non-hydrogen) atoms. The van der Waals surface area contributed by atoms with Crippen molar-refractivity contribution >= 4 is 0 Å². The minimum Gasteiger partial charge on any atom is -0.0877 e. The van der Waals surface area contributed by atoms with Crippen LogP contribution in [-0.4, -0.2) is 0 Å². The summed E-state index contributed by atoms with van der Waals surface area (Å²) in [6.45, 7) is 13.1. The molecule has 0 aromatic carbocycles. The zero-order valence-corrected chi connectivity index (χ0v) is 12.0. The van der Waals surface area contributed by atoms with Gasteiger partial charge in [-0.25, -0.2) is 0 Å². The third kappa shape index (κ3) is 2.36. The van der Waals surface area contributed by atoms with Crippen molar-refractivity contribution in [3.8, 4) is 0 Å². The van der Waals surface area contributed by atoms with E-state index in [-0.39, 0.29) is 5.41 Å². The van der Waals surface area contributed by atoms with Crippen LogP contribution in [-0.2, 0) is 0 Å². The molecule has 0 bridgehead atoms. The van der Waals surface area contributed by atoms with E-state index in [2.05, 4.69) is 78.0 Å². The molecule has 92 valence electrons. The molecule has 1 aliphatic carbocycles. The topological polar surface area (TPSA) is 0 Å². The average molecular weight is 228 g/mol. The zero-order valence-electron chi connectivity index (χ0n) is 12.0. The van der Waals surface area contributed by atoms with E-state index in [4.69, 9.17) is 0 Å². The first kappa shape index (κ1) is 13.8. The van der Waals surface area contributed by atoms with Gasteiger partial charge in [0.1, 0.15) is 0 Å². The molecular formula is C17H24. The lowest BCUT2D eigenvalue weighted by Crippen LogP contribution is -2.12. The van der Waals surface area contributed by atoms with E-state index in [0.717, 1.165) is 0 Å². The first-order valence-electron chi connectivity index (χ1n) is 6.35. The molecule has 0 radical (unpaired) electrons. The second-order valence-electron chi connectivity index (χ2n) is 4.97. The van der Waals surface area contributed by atoms with E-state index < -0.39 is 0 Å². The monoisotopic (exact) mass is 228 g/mol. The summed E-state index contributed by atoms with van der Waals surface area (Å²) in [6.07, 6.45) is 13.1. The quantitative estimate of drug-likeness (QED) is 0.596. The molecule has 0 heterocycles. The van der Waals surface area contributed by atoms with Crippen molar-refractivity contribution in [3.05, 3.63) is 58.7 Å². The van der Waals surface area contributed by atoms with Crippen LogP contribution in [0.1, 0.15) is 41.5 Å². The average Bonchev–Trinajstić information content (AvgIpc) is 2.46. The van der Waals surface area contributed by atoms with Gasteiger partial charge in [-0.1, -0.05) is 50.3 Å². The van der Waals surface area contributed by atoms with Crippen LogP contribution in [0.3, 0.4) is 0 Å². The minimum absolute atomic E-state index is 0.109. The van der Waals surface area contributed by atoms with Crippen LogP contribution < -0.4 is 0 Å². The van der Waals surface area contributed by atoms with Gasteiger partial charge >= 0.3 is 0 Å². The molecule has 0 heteroatoms. The van der Waals surface area contributed by atoms with Gasteiger partial charge in [0.2, 0.25) is 0 Å². The first-order chi connectivity index (χ1) is 8.00. The number of allylic oxidation sites excluding steroid dienone is 10. The highest BCUT2D eigenvalue weighted by molar-refractivity contribution is 5.64. The Labute approximate surface area is 106 Å². The van der Waals surface area contributed by atoms with Crippen LogP contribution in [0.2, 0.25) is 0 Å². The maximum absolute atomic E-state index is 2.30. The number of hydrogen-bond acceptors (Lipinski definition) is 0. The molecule has 0 saturated carbocycles. The van der Waals surface area contributed by atoms with Gasteiger partial charge in [-0.3, -0.25) is 0 Å². The Kier molecular flexibility index (Phi) is 4.34. The van der Waals surface area contributed by atoms with E-state index in [1.807, 2.05) is 0 Å². The predicted molar refractivity (Wildman–Crippen MR) is 77.9 cm³/mol. The smallest absolute Gasteiger partial charge is 0.0155 e. The third-order valence-electron chi connectivity index (χ3n) is 3.52. The highest BCUT2D eigenvalue weighted by Crippen LogP contribution is 2.50. The van der Waals surface area contributed by atoms with Crippen LogP contribution in [0.15, 0.2) is 58.7 Å². The molecule has 1 aliphatic rings. The van der Waals surface area contributed by atoms with Gasteiger partial charge in [0.15, 0.2) is 0 Å². The summed E-state index contributed by atoms with van der Waals surface area (Å²) >= 11 is 0. The van der Waals surface area contributed by atoms with Gasteiger partial charge in [0.25, 0.3) is 0 Å². The van der Waals surface area contributed by atoms with Crippen LogP contribution >= 0.6 is 0 Å². The molecule has 0 amide bonds. The summed E-state index contributed by atoms with van der Waals surface area (Å²) in [7, 11) is 0. The Morgan fingerprint density at radius 1 is 1.00 bits per heavy atom. The molecule has 0 unspecified atom stereocenters. The molecule has 0 nitrogen and oxygen atoms in total. The van der Waals surface area contributed by atoms with Crippen molar-refractivity contribution < 1.29 is 0 Å². The van der Waals surface area contributed by atoms with Crippen molar-refractivity contribution in [1.29, 1.82) is 0 Å². The fourth-order valence-electron chi connectivity index (χ4n) is 2.66. The summed E-state index contributed by atoms with van der Waals surface area (Å²) in [5.74, 6) is 0. The van der Waals surface area contributed by atoms with Crippen molar-refractivity contribution in [2.45, 2.75) is 41.5 Å². The zero-order chi connectivity index (χ0) is 13.1. The van der Waals surface area contributed by atoms with Gasteiger partial charge in [-0.2, -0.15) is 0 Å². The molecule has 0 saturated heterocycles. The van der Waals surface area contributed by atoms with E-state index in [0.29, 0.717) is 0 Å². The first-order valence-corrected chi connectivity index (χ1v) is 6.35. The molecule has 1 rings (SSSR count). The van der Waals surface area contributed by atoms with Crippen molar-refractivity contribution in [2.75, 3.05) is 0 Å². The van der Waals surface area contributed by atoms with Gasteiger partial charge in [-0.15, -0.1) is 0 Å². The van der Waals surface area contributed by atoms with Gasteiger partial charge in [0.05, 0.1) is 0 Å². The van der Waals surface area contributed by atoms with Crippen LogP contribution in [0, 0.1) is 5.41 Å². The normalized spacial score (nSPS) is 25.1. The molecule has 0 N–H and O–H groups in total. The Hall–Kier alpha value is -1.30. The van der Waals surface area contributed by atoms with Crippen LogP contribution in [0.4, 0.5) is 0 Å². The van der Waals surface area contributed by atoms with Gasteiger partial charge in [0, 0.05) is 5.41 Å². The Bertz CT molecular complexity index is 435. The van der Waals surface area contributed by atoms with Gasteiger partial charge < -0.3 is 0 Å². The lowest BCUT2D eigenvalue weighted by atomic mass is 9.80. The Morgan fingerprint density at radius 3 is 2.12 bits per heavy atom. The Balaban J connectivity index is 3.42. The maximum atomic E-state index is 2.30. The summed E-state index contributed by atoms with van der Waals surface area (Å²) < 4.78 is 0. The van der Waals surface area contributed by atoms with E-state index >= 15 is 0 Å². The Morgan fingerprint density at radius 2 is 1.65 bits per heavy atom. The van der Waals surface area contributed by atoms with E-state index in [1.54, 1.807) is 0 Å². The van der Waals surface area contributed by atoms with Gasteiger partial charge in [-0.05, 0) is 50.0 Å². The summed E-state index contributed by atoms with van der Waals surface area (Å²) in [5.41, 5.74) is 5.76. The molecule has 0 spiro atoms. The SMILES string of the molecule is C\C=C/C=C1\C(=C/C)C(C)=C(/C=C\C)C1(C)C. The highest BCUT2D eigenvalue weighted by atomic mass is 14.4. The fourth-order valence-corrected chi connectivity index (χ4v) is 2.66. The fraction of sp³-hybridized carbons (Fsp3) is 0.412. The lowest BCUT2D eigenvalue weighted by molar-refractivity contribution is 0.578. The number of rotatable bonds is 2. The van der Waals surface area contributed by atoms with Crippen molar-refractivity contribution in [1.82, 2.24) is 0 Å². The summed E-state index contributed by atoms with van der Waals surface area (Å²) in [4.78, 5) is 0. The molecule has 0 atom stereocenters. The molecule has 0 aliphatic heterocycles. The maximum Gasteiger partial charge on any atom is 0.0155 e. The molecular weight excluding hydrogens is 204 g/mol. The molecule has 0 aromatic heterocycles. The highest BCUT2D eigenvalue weighted by Gasteiger charge is 2.36. The summed E-state index contributed by atoms with van der Waals surface area (Å²) in [5, 5.41) is 0. The van der Waals surface area contributed by atoms with E-state index in [9.17, 15) is 0 Å². The number of hydrogen-bond donors (Lipinski definition) is 0. The predicted octanol–water partition coefficient (Wildman–Crippen LogP) is 5.37. The minimum atomic E-state index is 0.109.